The molecule has 6 heteroatoms. The minimum Gasteiger partial charge on any atom is -0.282 e. The van der Waals surface area contributed by atoms with Crippen molar-refractivity contribution in [2.24, 2.45) is 10.3 Å². The van der Waals surface area contributed by atoms with Gasteiger partial charge in [0.05, 0.1) is 11.0 Å². The summed E-state index contributed by atoms with van der Waals surface area (Å²) in [5.74, 6) is 0. The highest BCUT2D eigenvalue weighted by molar-refractivity contribution is 5.32. The Bertz CT molecular complexity index is 415. The zero-order chi connectivity index (χ0) is 13.5. The summed E-state index contributed by atoms with van der Waals surface area (Å²) in [7, 11) is 1.86. The first-order chi connectivity index (χ1) is 8.49. The van der Waals surface area contributed by atoms with Gasteiger partial charge in [0.15, 0.2) is 0 Å². The smallest absolute Gasteiger partial charge is 0.269 e. The third-order valence-electron chi connectivity index (χ3n) is 2.31. The van der Waals surface area contributed by atoms with Crippen molar-refractivity contribution >= 4 is 5.69 Å². The Morgan fingerprint density at radius 2 is 1.94 bits per heavy atom. The highest BCUT2D eigenvalue weighted by atomic mass is 16.6. The van der Waals surface area contributed by atoms with Crippen LogP contribution in [0.25, 0.3) is 0 Å². The Kier molecular flexibility index (Phi) is 5.23. The van der Waals surface area contributed by atoms with Crippen LogP contribution < -0.4 is 0 Å². The molecule has 0 bridgehead atoms. The van der Waals surface area contributed by atoms with Gasteiger partial charge in [-0.15, -0.1) is 0 Å². The topological polar surface area (TPSA) is 71.1 Å². The average molecular weight is 250 g/mol. The molecule has 0 saturated heterocycles. The molecule has 1 aromatic rings. The Labute approximate surface area is 106 Å². The second kappa shape index (κ2) is 6.68. The summed E-state index contributed by atoms with van der Waals surface area (Å²) in [6.07, 6.45) is 0.783. The van der Waals surface area contributed by atoms with Crippen molar-refractivity contribution in [3.8, 4) is 0 Å². The number of benzene rings is 1. The van der Waals surface area contributed by atoms with E-state index >= 15 is 0 Å². The van der Waals surface area contributed by atoms with Gasteiger partial charge in [-0.25, -0.2) is 0 Å². The first kappa shape index (κ1) is 14.1. The number of non-ortho nitro benzene ring substituents is 1. The van der Waals surface area contributed by atoms with Crippen LogP contribution in [0, 0.1) is 10.1 Å². The minimum absolute atomic E-state index is 0.117. The quantitative estimate of drug-likeness (QED) is 0.442. The number of nitro benzene ring substituents is 1. The zero-order valence-corrected chi connectivity index (χ0v) is 10.9. The number of rotatable bonds is 6. The first-order valence-electron chi connectivity index (χ1n) is 5.84. The van der Waals surface area contributed by atoms with E-state index in [-0.39, 0.29) is 11.7 Å². The fraction of sp³-hybridized carbons (Fsp3) is 0.500. The molecule has 0 heterocycles. The van der Waals surface area contributed by atoms with Crippen LogP contribution in [0.3, 0.4) is 0 Å². The summed E-state index contributed by atoms with van der Waals surface area (Å²) >= 11 is 0. The van der Waals surface area contributed by atoms with E-state index in [1.165, 1.54) is 12.1 Å². The van der Waals surface area contributed by atoms with Crippen LogP contribution in [0.15, 0.2) is 34.6 Å². The van der Waals surface area contributed by atoms with Gasteiger partial charge < -0.3 is 0 Å². The highest BCUT2D eigenvalue weighted by Crippen LogP contribution is 2.12. The molecule has 0 spiro atoms. The predicted octanol–water partition coefficient (Wildman–Crippen LogP) is 2.84. The van der Waals surface area contributed by atoms with Crippen molar-refractivity contribution < 1.29 is 4.92 Å². The second-order valence-corrected chi connectivity index (χ2v) is 4.35. The van der Waals surface area contributed by atoms with Gasteiger partial charge >= 0.3 is 0 Å². The summed E-state index contributed by atoms with van der Waals surface area (Å²) in [6.45, 7) is 4.66. The lowest BCUT2D eigenvalue weighted by Crippen LogP contribution is -2.14. The molecule has 1 rings (SSSR count). The average Bonchev–Trinajstić information content (AvgIpc) is 2.34. The van der Waals surface area contributed by atoms with E-state index in [0.717, 1.165) is 18.5 Å². The maximum absolute atomic E-state index is 10.5. The van der Waals surface area contributed by atoms with E-state index in [1.807, 2.05) is 20.9 Å². The monoisotopic (exact) mass is 250 g/mol. The van der Waals surface area contributed by atoms with Crippen LogP contribution in [0.1, 0.15) is 19.4 Å². The van der Waals surface area contributed by atoms with Crippen LogP contribution in [-0.2, 0) is 6.42 Å². The van der Waals surface area contributed by atoms with Crippen LogP contribution in [0.5, 0.6) is 0 Å². The third-order valence-corrected chi connectivity index (χ3v) is 2.31. The summed E-state index contributed by atoms with van der Waals surface area (Å²) in [6, 6.07) is 6.76. The van der Waals surface area contributed by atoms with E-state index in [2.05, 4.69) is 10.3 Å². The Hall–Kier alpha value is -1.98. The maximum Gasteiger partial charge on any atom is 0.269 e. The molecule has 0 radical (unpaired) electrons. The van der Waals surface area contributed by atoms with Gasteiger partial charge in [0.25, 0.3) is 5.69 Å². The van der Waals surface area contributed by atoms with E-state index < -0.39 is 4.92 Å². The first-order valence-corrected chi connectivity index (χ1v) is 5.84. The molecule has 0 aliphatic rings. The molecule has 18 heavy (non-hydrogen) atoms. The molecule has 0 unspecified atom stereocenters. The Balaban J connectivity index is 2.46. The molecular weight excluding hydrogens is 232 g/mol. The van der Waals surface area contributed by atoms with Crippen molar-refractivity contribution in [1.29, 1.82) is 0 Å². The molecule has 0 aliphatic carbocycles. The van der Waals surface area contributed by atoms with Gasteiger partial charge in [-0.3, -0.25) is 15.1 Å². The van der Waals surface area contributed by atoms with E-state index in [4.69, 9.17) is 0 Å². The van der Waals surface area contributed by atoms with Crippen LogP contribution in [0.2, 0.25) is 0 Å². The Morgan fingerprint density at radius 1 is 1.33 bits per heavy atom. The normalized spacial score (nSPS) is 11.1. The molecule has 0 aliphatic heterocycles. The number of nitrogens with zero attached hydrogens (tertiary/aromatic N) is 4. The van der Waals surface area contributed by atoms with Crippen molar-refractivity contribution in [3.05, 3.63) is 39.9 Å². The van der Waals surface area contributed by atoms with Crippen LogP contribution in [0.4, 0.5) is 5.69 Å². The third kappa shape index (κ3) is 4.90. The van der Waals surface area contributed by atoms with Gasteiger partial charge in [0, 0.05) is 25.7 Å². The lowest BCUT2D eigenvalue weighted by Gasteiger charge is -2.11. The standard InChI is InChI=1S/C12H18N4O2/c1-10(2)13-14-15(3)9-8-11-4-6-12(7-5-11)16(17)18/h4-7,10H,8-9H2,1-3H3. The Morgan fingerprint density at radius 3 is 2.44 bits per heavy atom. The lowest BCUT2D eigenvalue weighted by molar-refractivity contribution is -0.384. The molecule has 0 aromatic heterocycles. The van der Waals surface area contributed by atoms with Crippen LogP contribution in [-0.4, -0.2) is 29.6 Å². The summed E-state index contributed by atoms with van der Waals surface area (Å²) in [5, 5.41) is 20.3. The fourth-order valence-corrected chi connectivity index (χ4v) is 1.31. The molecule has 98 valence electrons. The summed E-state index contributed by atoms with van der Waals surface area (Å²) in [5.41, 5.74) is 1.17. The number of nitro groups is 1. The SMILES string of the molecule is CC(C)N=NN(C)CCc1ccc([N+](=O)[O-])cc1. The molecule has 0 N–H and O–H groups in total. The van der Waals surface area contributed by atoms with Gasteiger partial charge in [-0.2, -0.15) is 5.11 Å². The number of likely N-dealkylation sites (N-methyl/N-ethyl adjacent to an activating group) is 1. The molecule has 6 nitrogen and oxygen atoms in total. The van der Waals surface area contributed by atoms with Crippen molar-refractivity contribution in [2.75, 3.05) is 13.6 Å². The van der Waals surface area contributed by atoms with Crippen molar-refractivity contribution in [1.82, 2.24) is 5.01 Å². The lowest BCUT2D eigenvalue weighted by atomic mass is 10.1. The predicted molar refractivity (Wildman–Crippen MR) is 69.4 cm³/mol. The highest BCUT2D eigenvalue weighted by Gasteiger charge is 2.04. The summed E-state index contributed by atoms with van der Waals surface area (Å²) < 4.78 is 0. The van der Waals surface area contributed by atoms with Crippen molar-refractivity contribution in [2.45, 2.75) is 26.3 Å². The van der Waals surface area contributed by atoms with Gasteiger partial charge in [-0.05, 0) is 25.8 Å². The molecule has 0 atom stereocenters. The number of hydrogen-bond acceptors (Lipinski definition) is 4. The molecule has 0 amide bonds. The molecule has 1 aromatic carbocycles. The number of hydrogen-bond donors (Lipinski definition) is 0. The second-order valence-electron chi connectivity index (χ2n) is 4.35. The minimum atomic E-state index is -0.396. The summed E-state index contributed by atoms with van der Waals surface area (Å²) in [4.78, 5) is 10.1. The molecule has 0 saturated carbocycles. The van der Waals surface area contributed by atoms with Crippen LogP contribution >= 0.6 is 0 Å². The van der Waals surface area contributed by atoms with Crippen molar-refractivity contribution in [3.63, 3.8) is 0 Å². The largest absolute Gasteiger partial charge is 0.282 e. The fourth-order valence-electron chi connectivity index (χ4n) is 1.31. The van der Waals surface area contributed by atoms with Gasteiger partial charge in [-0.1, -0.05) is 17.4 Å². The van der Waals surface area contributed by atoms with E-state index in [9.17, 15) is 10.1 Å². The zero-order valence-electron chi connectivity index (χ0n) is 10.9. The molecular formula is C12H18N4O2. The van der Waals surface area contributed by atoms with Gasteiger partial charge in [0.1, 0.15) is 0 Å². The van der Waals surface area contributed by atoms with E-state index in [1.54, 1.807) is 17.1 Å². The molecule has 0 fully saturated rings. The van der Waals surface area contributed by atoms with E-state index in [0.29, 0.717) is 0 Å². The maximum atomic E-state index is 10.5. The van der Waals surface area contributed by atoms with Gasteiger partial charge in [0.2, 0.25) is 0 Å².